The summed E-state index contributed by atoms with van der Waals surface area (Å²) in [6.07, 6.45) is -7.34. The highest BCUT2D eigenvalue weighted by atomic mass is 19.4. The number of aliphatic carboxylic acids is 2. The molecular formula is C22H19F5N4O8. The van der Waals surface area contributed by atoms with E-state index in [1.165, 1.54) is 30.5 Å². The molecule has 2 aliphatic rings. The number of carboxylic acids is 2. The third kappa shape index (κ3) is 6.60. The van der Waals surface area contributed by atoms with Gasteiger partial charge in [0, 0.05) is 6.20 Å². The van der Waals surface area contributed by atoms with Gasteiger partial charge in [-0.05, 0) is 48.7 Å². The molecule has 3 amide bonds. The maximum Gasteiger partial charge on any atom is 0.586 e. The van der Waals surface area contributed by atoms with Crippen LogP contribution in [-0.4, -0.2) is 62.5 Å². The van der Waals surface area contributed by atoms with E-state index in [-0.39, 0.29) is 23.7 Å². The smallest absolute Gasteiger partial charge is 0.480 e. The second kappa shape index (κ2) is 10.6. The summed E-state index contributed by atoms with van der Waals surface area (Å²) in [5.41, 5.74) is 6.62. The Morgan fingerprint density at radius 2 is 1.77 bits per heavy atom. The topological polar surface area (TPSA) is 181 Å². The Hall–Kier alpha value is -4.70. The van der Waals surface area contributed by atoms with Gasteiger partial charge in [0.05, 0.1) is 12.0 Å². The molecule has 17 heteroatoms. The Balaban J connectivity index is 0.000000532. The molecule has 0 bridgehead atoms. The van der Waals surface area contributed by atoms with Crippen LogP contribution in [0.25, 0.3) is 0 Å². The number of anilines is 1. The van der Waals surface area contributed by atoms with Gasteiger partial charge in [-0.2, -0.15) is 13.2 Å². The van der Waals surface area contributed by atoms with E-state index in [4.69, 9.17) is 15.6 Å². The van der Waals surface area contributed by atoms with Crippen LogP contribution in [0.1, 0.15) is 24.1 Å². The number of amides is 3. The molecule has 0 saturated carbocycles. The van der Waals surface area contributed by atoms with Crippen LogP contribution < -0.4 is 20.5 Å². The molecule has 2 aliphatic heterocycles. The number of nitrogens with one attached hydrogen (secondary N) is 1. The minimum Gasteiger partial charge on any atom is -0.480 e. The number of benzene rings is 1. The van der Waals surface area contributed by atoms with Gasteiger partial charge in [-0.1, -0.05) is 6.07 Å². The molecule has 1 aromatic heterocycles. The lowest BCUT2D eigenvalue weighted by Gasteiger charge is -2.43. The van der Waals surface area contributed by atoms with Crippen molar-refractivity contribution in [1.29, 1.82) is 0 Å². The third-order valence-corrected chi connectivity index (χ3v) is 5.49. The first-order valence-electron chi connectivity index (χ1n) is 10.8. The Kier molecular flexibility index (Phi) is 7.83. The Bertz CT molecular complexity index is 1310. The molecule has 1 fully saturated rings. The van der Waals surface area contributed by atoms with Gasteiger partial charge >= 0.3 is 30.4 Å². The fourth-order valence-corrected chi connectivity index (χ4v) is 3.70. The molecular weight excluding hydrogens is 543 g/mol. The fourth-order valence-electron chi connectivity index (χ4n) is 3.70. The van der Waals surface area contributed by atoms with Gasteiger partial charge in [-0.25, -0.2) is 24.3 Å². The van der Waals surface area contributed by atoms with Crippen molar-refractivity contribution in [3.8, 4) is 11.5 Å². The number of likely N-dealkylation sites (tertiary alicyclic amines) is 1. The van der Waals surface area contributed by atoms with Crippen LogP contribution in [0.3, 0.4) is 0 Å². The zero-order valence-corrected chi connectivity index (χ0v) is 19.6. The number of ether oxygens (including phenoxy) is 2. The highest BCUT2D eigenvalue weighted by molar-refractivity contribution is 6.07. The Labute approximate surface area is 215 Å². The lowest BCUT2D eigenvalue weighted by molar-refractivity contribution is -0.286. The summed E-state index contributed by atoms with van der Waals surface area (Å²) < 4.78 is 66.8. The number of alkyl halides is 5. The van der Waals surface area contributed by atoms with Crippen molar-refractivity contribution in [2.75, 3.05) is 5.73 Å². The van der Waals surface area contributed by atoms with E-state index in [2.05, 4.69) is 19.8 Å². The molecule has 1 aromatic carbocycles. The number of hydrogen-bond acceptors (Lipinski definition) is 8. The summed E-state index contributed by atoms with van der Waals surface area (Å²) in [4.78, 5) is 50.3. The molecule has 3 atom stereocenters. The van der Waals surface area contributed by atoms with Gasteiger partial charge in [0.2, 0.25) is 5.91 Å². The van der Waals surface area contributed by atoms with E-state index in [0.29, 0.717) is 16.0 Å². The molecule has 4 rings (SSSR count). The SMILES string of the molecule is C[C@@H](NC(=O)N1C(=O)[C@H](Cc2ccnc(N)c2)[C@H]1C(=O)O)c1ccc2c(c1)OC(F)(F)O2.O=C(O)C(F)(F)F. The average molecular weight is 562 g/mol. The van der Waals surface area contributed by atoms with Crippen LogP contribution in [0.15, 0.2) is 36.5 Å². The summed E-state index contributed by atoms with van der Waals surface area (Å²) in [5, 5.41) is 19.2. The van der Waals surface area contributed by atoms with Crippen molar-refractivity contribution >= 4 is 29.7 Å². The van der Waals surface area contributed by atoms with Crippen molar-refractivity contribution in [2.24, 2.45) is 5.92 Å². The van der Waals surface area contributed by atoms with Gasteiger partial charge < -0.3 is 30.7 Å². The summed E-state index contributed by atoms with van der Waals surface area (Å²) in [5.74, 6) is -5.80. The van der Waals surface area contributed by atoms with Crippen molar-refractivity contribution in [3.63, 3.8) is 0 Å². The van der Waals surface area contributed by atoms with Gasteiger partial charge in [-0.3, -0.25) is 4.79 Å². The molecule has 3 heterocycles. The fraction of sp³-hybridized carbons (Fsp3) is 0.318. The highest BCUT2D eigenvalue weighted by Crippen LogP contribution is 2.42. The average Bonchev–Trinajstić information content (AvgIpc) is 3.13. The monoisotopic (exact) mass is 562 g/mol. The quantitative estimate of drug-likeness (QED) is 0.312. The number of hydrogen-bond donors (Lipinski definition) is 4. The van der Waals surface area contributed by atoms with E-state index in [9.17, 15) is 41.4 Å². The van der Waals surface area contributed by atoms with Crippen molar-refractivity contribution in [3.05, 3.63) is 47.7 Å². The number of rotatable bonds is 5. The number of halogens is 5. The van der Waals surface area contributed by atoms with E-state index >= 15 is 0 Å². The Morgan fingerprint density at radius 3 is 2.33 bits per heavy atom. The van der Waals surface area contributed by atoms with Crippen LogP contribution in [0, 0.1) is 5.92 Å². The number of β-lactam (4-membered cyclic amide) rings is 1. The van der Waals surface area contributed by atoms with Crippen molar-refractivity contribution < 1.29 is 60.8 Å². The molecule has 0 aliphatic carbocycles. The standard InChI is InChI=1S/C20H18F2N4O6.C2HF3O2/c1-9(11-2-3-13-14(8-11)32-20(21,22)31-13)25-19(30)26-16(18(28)29)12(17(26)27)6-10-4-5-24-15(23)7-10;3-2(4,5)1(6)7/h2-5,7-9,12,16H,6H2,1H3,(H2,23,24)(H,25,30)(H,28,29);(H,6,7)/t9-,12-,16+;/m1./s1. The van der Waals surface area contributed by atoms with Crippen LogP contribution in [0.5, 0.6) is 11.5 Å². The first-order chi connectivity index (χ1) is 18.0. The maximum absolute atomic E-state index is 13.2. The second-order valence-corrected chi connectivity index (χ2v) is 8.24. The maximum atomic E-state index is 13.2. The number of nitrogen functional groups attached to an aromatic ring is 1. The van der Waals surface area contributed by atoms with Crippen LogP contribution >= 0.6 is 0 Å². The summed E-state index contributed by atoms with van der Waals surface area (Å²) in [6, 6.07) is 4.09. The molecule has 0 radical (unpaired) electrons. The molecule has 12 nitrogen and oxygen atoms in total. The molecule has 5 N–H and O–H groups in total. The van der Waals surface area contributed by atoms with Crippen LogP contribution in [0.2, 0.25) is 0 Å². The van der Waals surface area contributed by atoms with E-state index in [1.807, 2.05) is 0 Å². The number of urea groups is 1. The number of carbonyl (C=O) groups is 4. The molecule has 1 saturated heterocycles. The number of fused-ring (bicyclic) bond motifs is 1. The predicted octanol–water partition coefficient (Wildman–Crippen LogP) is 2.54. The first kappa shape index (κ1) is 28.9. The first-order valence-corrected chi connectivity index (χ1v) is 10.8. The van der Waals surface area contributed by atoms with Gasteiger partial charge in [0.15, 0.2) is 17.5 Å². The number of carbonyl (C=O) groups excluding carboxylic acids is 2. The zero-order chi connectivity index (χ0) is 29.3. The number of imide groups is 1. The van der Waals surface area contributed by atoms with Gasteiger partial charge in [0.1, 0.15) is 5.82 Å². The number of nitrogens with two attached hydrogens (primary N) is 1. The predicted molar refractivity (Wildman–Crippen MR) is 117 cm³/mol. The molecule has 0 unspecified atom stereocenters. The normalized spacial score (nSPS) is 19.7. The lowest BCUT2D eigenvalue weighted by atomic mass is 9.82. The third-order valence-electron chi connectivity index (χ3n) is 5.49. The molecule has 0 spiro atoms. The molecule has 210 valence electrons. The van der Waals surface area contributed by atoms with Crippen LogP contribution in [0.4, 0.5) is 32.6 Å². The van der Waals surface area contributed by atoms with Gasteiger partial charge in [-0.15, -0.1) is 8.78 Å². The van der Waals surface area contributed by atoms with E-state index in [1.54, 1.807) is 13.0 Å². The molecule has 2 aromatic rings. The summed E-state index contributed by atoms with van der Waals surface area (Å²) >= 11 is 0. The lowest BCUT2D eigenvalue weighted by Crippen LogP contribution is -2.68. The van der Waals surface area contributed by atoms with E-state index in [0.717, 1.165) is 0 Å². The largest absolute Gasteiger partial charge is 0.586 e. The van der Waals surface area contributed by atoms with Crippen molar-refractivity contribution in [2.45, 2.75) is 37.9 Å². The number of nitrogens with zero attached hydrogens (tertiary/aromatic N) is 2. The minimum absolute atomic E-state index is 0.0816. The molecule has 39 heavy (non-hydrogen) atoms. The zero-order valence-electron chi connectivity index (χ0n) is 19.6. The van der Waals surface area contributed by atoms with Crippen molar-refractivity contribution in [1.82, 2.24) is 15.2 Å². The van der Waals surface area contributed by atoms with Gasteiger partial charge in [0.25, 0.3) is 0 Å². The van der Waals surface area contributed by atoms with Crippen LogP contribution in [-0.2, 0) is 20.8 Å². The summed E-state index contributed by atoms with van der Waals surface area (Å²) in [7, 11) is 0. The number of aromatic nitrogens is 1. The number of carboxylic acid groups (broad SMARTS) is 2. The number of pyridine rings is 1. The highest BCUT2D eigenvalue weighted by Gasteiger charge is 2.54. The van der Waals surface area contributed by atoms with E-state index < -0.39 is 54.3 Å². The summed E-state index contributed by atoms with van der Waals surface area (Å²) in [6.45, 7) is 1.55. The second-order valence-electron chi connectivity index (χ2n) is 8.24. The minimum atomic E-state index is -5.08. The Morgan fingerprint density at radius 1 is 1.15 bits per heavy atom.